The number of aromatic amines is 1. The van der Waals surface area contributed by atoms with Crippen LogP contribution in [0.2, 0.25) is 0 Å². The number of hydrogen-bond donors (Lipinski definition) is 2. The first kappa shape index (κ1) is 13.8. The van der Waals surface area contributed by atoms with Gasteiger partial charge in [-0.3, -0.25) is 4.79 Å². The molecule has 0 amide bonds. The van der Waals surface area contributed by atoms with Crippen LogP contribution in [0, 0.1) is 11.7 Å². The zero-order valence-electron chi connectivity index (χ0n) is 10.2. The molecule has 0 fully saturated rings. The van der Waals surface area contributed by atoms with Gasteiger partial charge in [-0.2, -0.15) is 0 Å². The Kier molecular flexibility index (Phi) is 4.34. The van der Waals surface area contributed by atoms with Gasteiger partial charge in [0.05, 0.1) is 0 Å². The number of thioether (sulfide) groups is 1. The monoisotopic (exact) mass is 292 g/mol. The van der Waals surface area contributed by atoms with Crippen LogP contribution in [-0.4, -0.2) is 21.0 Å². The van der Waals surface area contributed by atoms with Crippen LogP contribution in [0.5, 0.6) is 0 Å². The van der Waals surface area contributed by atoms with Crippen molar-refractivity contribution in [2.45, 2.75) is 17.2 Å². The van der Waals surface area contributed by atoms with E-state index in [9.17, 15) is 9.90 Å². The van der Waals surface area contributed by atoms with E-state index in [0.29, 0.717) is 9.80 Å². The molecule has 2 rings (SSSR count). The Morgan fingerprint density at radius 1 is 1.42 bits per heavy atom. The number of rotatable bonds is 4. The molecule has 1 unspecified atom stereocenters. The number of nitrogens with zero attached hydrogens (tertiary/aromatic N) is 1. The summed E-state index contributed by atoms with van der Waals surface area (Å²) in [6.07, 6.45) is 0. The molecule has 0 radical (unpaired) electrons. The molecule has 6 heteroatoms. The maximum absolute atomic E-state index is 11.4. The van der Waals surface area contributed by atoms with Crippen LogP contribution in [0.3, 0.4) is 0 Å². The second-order valence-electron chi connectivity index (χ2n) is 3.95. The molecule has 19 heavy (non-hydrogen) atoms. The predicted octanol–water partition coefficient (Wildman–Crippen LogP) is 3.37. The van der Waals surface area contributed by atoms with Crippen molar-refractivity contribution in [3.8, 4) is 0 Å². The van der Waals surface area contributed by atoms with Crippen LogP contribution in [0.4, 0.5) is 0 Å². The minimum atomic E-state index is -0.894. The minimum absolute atomic E-state index is 0.361. The molecule has 2 aromatic rings. The molecule has 0 saturated heterocycles. The van der Waals surface area contributed by atoms with Crippen LogP contribution in [0.15, 0.2) is 41.4 Å². The molecule has 1 atom stereocenters. The van der Waals surface area contributed by atoms with Crippen molar-refractivity contribution in [3.63, 3.8) is 0 Å². The van der Waals surface area contributed by atoms with E-state index in [-0.39, 0.29) is 0 Å². The first-order valence-corrected chi connectivity index (χ1v) is 6.87. The van der Waals surface area contributed by atoms with Gasteiger partial charge in [-0.1, -0.05) is 42.1 Å². The Balaban J connectivity index is 2.32. The molecule has 4 nitrogen and oxygen atoms in total. The van der Waals surface area contributed by atoms with Crippen LogP contribution in [0.25, 0.3) is 0 Å². The first-order valence-electron chi connectivity index (χ1n) is 5.58. The van der Waals surface area contributed by atoms with Gasteiger partial charge in [-0.15, -0.1) is 0 Å². The van der Waals surface area contributed by atoms with Gasteiger partial charge in [0.2, 0.25) is 0 Å². The van der Waals surface area contributed by atoms with Gasteiger partial charge in [-0.05, 0) is 30.8 Å². The molecule has 0 aliphatic rings. The molecule has 2 N–H and O–H groups in total. The third kappa shape index (κ3) is 3.65. The van der Waals surface area contributed by atoms with Crippen molar-refractivity contribution in [2.75, 3.05) is 0 Å². The summed E-state index contributed by atoms with van der Waals surface area (Å²) in [6, 6.07) is 10.9. The van der Waals surface area contributed by atoms with Gasteiger partial charge >= 0.3 is 5.97 Å². The second-order valence-corrected chi connectivity index (χ2v) is 5.47. The lowest BCUT2D eigenvalue weighted by Crippen LogP contribution is -2.08. The van der Waals surface area contributed by atoms with Crippen molar-refractivity contribution in [1.29, 1.82) is 0 Å². The number of nitrogens with one attached hydrogen (secondary N) is 1. The molecule has 0 spiro atoms. The van der Waals surface area contributed by atoms with Crippen molar-refractivity contribution >= 4 is 29.9 Å². The van der Waals surface area contributed by atoms with E-state index in [2.05, 4.69) is 9.97 Å². The summed E-state index contributed by atoms with van der Waals surface area (Å²) in [7, 11) is 0. The van der Waals surface area contributed by atoms with Gasteiger partial charge in [0.25, 0.3) is 0 Å². The van der Waals surface area contributed by atoms with Gasteiger partial charge in [0.15, 0.2) is 4.77 Å². The lowest BCUT2D eigenvalue weighted by atomic mass is 10.1. The van der Waals surface area contributed by atoms with E-state index < -0.39 is 11.2 Å². The summed E-state index contributed by atoms with van der Waals surface area (Å²) < 4.78 is 0.361. The minimum Gasteiger partial charge on any atom is -0.480 e. The SMILES string of the molecule is Cc1cc(SC(C(=O)O)c2ccccc2)nc(=S)[nH]1. The summed E-state index contributed by atoms with van der Waals surface area (Å²) in [4.78, 5) is 18.4. The van der Waals surface area contributed by atoms with Crippen molar-refractivity contribution in [2.24, 2.45) is 0 Å². The number of aromatic nitrogens is 2. The summed E-state index contributed by atoms with van der Waals surface area (Å²) in [5.41, 5.74) is 1.60. The van der Waals surface area contributed by atoms with Gasteiger partial charge in [-0.25, -0.2) is 4.98 Å². The van der Waals surface area contributed by atoms with Gasteiger partial charge in [0.1, 0.15) is 10.3 Å². The summed E-state index contributed by atoms with van der Waals surface area (Å²) in [5, 5.41) is 9.26. The lowest BCUT2D eigenvalue weighted by Gasteiger charge is -2.11. The number of carboxylic acid groups (broad SMARTS) is 1. The smallest absolute Gasteiger partial charge is 0.321 e. The van der Waals surface area contributed by atoms with E-state index in [4.69, 9.17) is 12.2 Å². The topological polar surface area (TPSA) is 66.0 Å². The Hall–Kier alpha value is -1.66. The normalized spacial score (nSPS) is 12.1. The molecular formula is C13H12N2O2S2. The van der Waals surface area contributed by atoms with Crippen molar-refractivity contribution < 1.29 is 9.90 Å². The summed E-state index contributed by atoms with van der Waals surface area (Å²) in [6.45, 7) is 1.86. The second kappa shape index (κ2) is 5.99. The molecule has 1 heterocycles. The number of hydrogen-bond acceptors (Lipinski definition) is 4. The fourth-order valence-corrected chi connectivity index (χ4v) is 2.96. The number of carbonyl (C=O) groups is 1. The molecule has 98 valence electrons. The Morgan fingerprint density at radius 3 is 2.68 bits per heavy atom. The zero-order valence-corrected chi connectivity index (χ0v) is 11.8. The van der Waals surface area contributed by atoms with Crippen molar-refractivity contribution in [1.82, 2.24) is 9.97 Å². The van der Waals surface area contributed by atoms with E-state index in [1.165, 1.54) is 11.8 Å². The quantitative estimate of drug-likeness (QED) is 0.514. The molecule has 0 saturated carbocycles. The van der Waals surface area contributed by atoms with Crippen LogP contribution < -0.4 is 0 Å². The Labute approximate surface area is 119 Å². The molecule has 0 bridgehead atoms. The third-order valence-electron chi connectivity index (χ3n) is 2.42. The van der Waals surface area contributed by atoms with Gasteiger partial charge < -0.3 is 10.1 Å². The standard InChI is InChI=1S/C13H12N2O2S2/c1-8-7-10(15-13(18)14-8)19-11(12(16)17)9-5-3-2-4-6-9/h2-7,11H,1H3,(H,16,17)(H,14,15,18). The van der Waals surface area contributed by atoms with Gasteiger partial charge in [0, 0.05) is 5.69 Å². The molecular weight excluding hydrogens is 280 g/mol. The highest BCUT2D eigenvalue weighted by Crippen LogP contribution is 2.34. The first-order chi connectivity index (χ1) is 9.06. The zero-order chi connectivity index (χ0) is 13.8. The summed E-state index contributed by atoms with van der Waals surface area (Å²) in [5.74, 6) is -0.894. The fourth-order valence-electron chi connectivity index (χ4n) is 1.62. The Morgan fingerprint density at radius 2 is 2.11 bits per heavy atom. The van der Waals surface area contributed by atoms with E-state index in [1.807, 2.05) is 25.1 Å². The molecule has 0 aliphatic carbocycles. The molecule has 0 aliphatic heterocycles. The highest BCUT2D eigenvalue weighted by Gasteiger charge is 2.21. The molecule has 1 aromatic carbocycles. The van der Waals surface area contributed by atoms with E-state index >= 15 is 0 Å². The number of aliphatic carboxylic acids is 1. The largest absolute Gasteiger partial charge is 0.480 e. The summed E-state index contributed by atoms with van der Waals surface area (Å²) >= 11 is 6.18. The van der Waals surface area contributed by atoms with E-state index in [1.54, 1.807) is 18.2 Å². The number of benzene rings is 1. The number of H-pyrrole nitrogens is 1. The van der Waals surface area contributed by atoms with Crippen LogP contribution >= 0.6 is 24.0 Å². The van der Waals surface area contributed by atoms with E-state index in [0.717, 1.165) is 11.3 Å². The predicted molar refractivity (Wildman–Crippen MR) is 76.8 cm³/mol. The maximum Gasteiger partial charge on any atom is 0.321 e. The molecule has 1 aromatic heterocycles. The Bertz CT molecular complexity index is 641. The highest BCUT2D eigenvalue weighted by molar-refractivity contribution is 8.00. The number of carboxylic acids is 1. The fraction of sp³-hybridized carbons (Fsp3) is 0.154. The average molecular weight is 292 g/mol. The highest BCUT2D eigenvalue weighted by atomic mass is 32.2. The lowest BCUT2D eigenvalue weighted by molar-refractivity contribution is -0.136. The van der Waals surface area contributed by atoms with Crippen molar-refractivity contribution in [3.05, 3.63) is 52.4 Å². The van der Waals surface area contributed by atoms with Crippen LogP contribution in [0.1, 0.15) is 16.5 Å². The average Bonchev–Trinajstić information content (AvgIpc) is 2.35. The third-order valence-corrected chi connectivity index (χ3v) is 3.77. The van der Waals surface area contributed by atoms with Crippen LogP contribution in [-0.2, 0) is 4.79 Å². The maximum atomic E-state index is 11.4. The number of aryl methyl sites for hydroxylation is 1.